The van der Waals surface area contributed by atoms with E-state index < -0.39 is 5.54 Å². The van der Waals surface area contributed by atoms with E-state index >= 15 is 0 Å². The van der Waals surface area contributed by atoms with Gasteiger partial charge < -0.3 is 9.47 Å². The van der Waals surface area contributed by atoms with Crippen LogP contribution >= 0.6 is 0 Å². The molecule has 1 N–H and O–H groups in total. The zero-order chi connectivity index (χ0) is 14.6. The Morgan fingerprint density at radius 2 is 2.00 bits per heavy atom. The zero-order valence-corrected chi connectivity index (χ0v) is 12.3. The topological polar surface area (TPSA) is 54.3 Å². The van der Waals surface area contributed by atoms with Gasteiger partial charge in [-0.3, -0.25) is 5.32 Å². The van der Waals surface area contributed by atoms with Crippen molar-refractivity contribution in [2.24, 2.45) is 5.92 Å². The first-order valence-electron chi connectivity index (χ1n) is 7.06. The Balaban J connectivity index is 2.11. The predicted molar refractivity (Wildman–Crippen MR) is 77.8 cm³/mol. The Labute approximate surface area is 120 Å². The second kappa shape index (κ2) is 6.15. The molecule has 4 nitrogen and oxygen atoms in total. The summed E-state index contributed by atoms with van der Waals surface area (Å²) < 4.78 is 11.1. The fraction of sp³-hybridized carbons (Fsp3) is 0.562. The van der Waals surface area contributed by atoms with Crippen LogP contribution in [0.15, 0.2) is 24.3 Å². The Kier molecular flexibility index (Phi) is 4.51. The summed E-state index contributed by atoms with van der Waals surface area (Å²) in [7, 11) is 1.62. The van der Waals surface area contributed by atoms with Crippen molar-refractivity contribution in [1.29, 1.82) is 5.26 Å². The molecule has 1 aromatic rings. The van der Waals surface area contributed by atoms with Gasteiger partial charge in [0, 0.05) is 6.04 Å². The number of nitriles is 1. The minimum absolute atomic E-state index is 0.247. The van der Waals surface area contributed by atoms with Gasteiger partial charge in [0.2, 0.25) is 0 Å². The number of para-hydroxylation sites is 2. The normalized spacial score (nSPS) is 17.4. The Morgan fingerprint density at radius 3 is 2.50 bits per heavy atom. The molecule has 1 unspecified atom stereocenters. The van der Waals surface area contributed by atoms with E-state index in [-0.39, 0.29) is 6.04 Å². The minimum atomic E-state index is -0.602. The van der Waals surface area contributed by atoms with Gasteiger partial charge in [0.05, 0.1) is 13.2 Å². The Morgan fingerprint density at radius 1 is 1.35 bits per heavy atom. The van der Waals surface area contributed by atoms with Crippen LogP contribution in [0.4, 0.5) is 0 Å². The highest BCUT2D eigenvalue weighted by Crippen LogP contribution is 2.40. The van der Waals surface area contributed by atoms with Crippen molar-refractivity contribution in [2.45, 2.75) is 38.3 Å². The molecule has 108 valence electrons. The highest BCUT2D eigenvalue weighted by molar-refractivity contribution is 5.39. The molecule has 0 aliphatic heterocycles. The van der Waals surface area contributed by atoms with Gasteiger partial charge in [-0.2, -0.15) is 5.26 Å². The van der Waals surface area contributed by atoms with Gasteiger partial charge in [-0.05, 0) is 44.7 Å². The number of rotatable bonds is 7. The van der Waals surface area contributed by atoms with Crippen molar-refractivity contribution in [3.63, 3.8) is 0 Å². The second-order valence-electron chi connectivity index (χ2n) is 5.60. The van der Waals surface area contributed by atoms with E-state index in [1.54, 1.807) is 7.11 Å². The first-order chi connectivity index (χ1) is 9.61. The zero-order valence-electron chi connectivity index (χ0n) is 12.3. The van der Waals surface area contributed by atoms with Crippen molar-refractivity contribution in [2.75, 3.05) is 13.7 Å². The number of hydrogen-bond donors (Lipinski definition) is 1. The molecule has 4 heteroatoms. The lowest BCUT2D eigenvalue weighted by molar-refractivity contribution is 0.187. The van der Waals surface area contributed by atoms with Crippen LogP contribution < -0.4 is 14.8 Å². The summed E-state index contributed by atoms with van der Waals surface area (Å²) in [6, 6.07) is 10.2. The fourth-order valence-electron chi connectivity index (χ4n) is 2.45. The fourth-order valence-corrected chi connectivity index (χ4v) is 2.45. The third-order valence-corrected chi connectivity index (χ3v) is 3.54. The highest BCUT2D eigenvalue weighted by Gasteiger charge is 2.47. The van der Waals surface area contributed by atoms with Gasteiger partial charge in [-0.15, -0.1) is 0 Å². The van der Waals surface area contributed by atoms with E-state index in [4.69, 9.17) is 9.47 Å². The first kappa shape index (κ1) is 14.7. The van der Waals surface area contributed by atoms with Gasteiger partial charge >= 0.3 is 0 Å². The van der Waals surface area contributed by atoms with Crippen LogP contribution in [0.5, 0.6) is 11.5 Å². The predicted octanol–water partition coefficient (Wildman–Crippen LogP) is 2.74. The molecule has 0 amide bonds. The highest BCUT2D eigenvalue weighted by atomic mass is 16.5. The Hall–Kier alpha value is -1.73. The van der Waals surface area contributed by atoms with Gasteiger partial charge in [0.25, 0.3) is 0 Å². The van der Waals surface area contributed by atoms with Crippen molar-refractivity contribution in [3.05, 3.63) is 24.3 Å². The lowest BCUT2D eigenvalue weighted by Gasteiger charge is -2.30. The smallest absolute Gasteiger partial charge is 0.161 e. The van der Waals surface area contributed by atoms with Crippen LogP contribution in [0.25, 0.3) is 0 Å². The maximum atomic E-state index is 9.62. The summed E-state index contributed by atoms with van der Waals surface area (Å²) in [6.07, 6.45) is 2.17. The summed E-state index contributed by atoms with van der Waals surface area (Å²) in [4.78, 5) is 0. The first-order valence-corrected chi connectivity index (χ1v) is 7.06. The molecular formula is C16H22N2O2. The molecule has 0 saturated heterocycles. The molecule has 0 aromatic heterocycles. The van der Waals surface area contributed by atoms with Crippen molar-refractivity contribution >= 4 is 0 Å². The number of nitrogens with zero attached hydrogens (tertiary/aromatic N) is 1. The lowest BCUT2D eigenvalue weighted by Crippen LogP contribution is -2.53. The van der Waals surface area contributed by atoms with Crippen LogP contribution in [0.2, 0.25) is 0 Å². The molecule has 1 fully saturated rings. The van der Waals surface area contributed by atoms with Gasteiger partial charge in [0.1, 0.15) is 12.1 Å². The maximum Gasteiger partial charge on any atom is 0.161 e. The number of benzene rings is 1. The average molecular weight is 274 g/mol. The van der Waals surface area contributed by atoms with Crippen LogP contribution in [-0.2, 0) is 0 Å². The van der Waals surface area contributed by atoms with Gasteiger partial charge in [-0.1, -0.05) is 12.1 Å². The number of hydrogen-bond acceptors (Lipinski definition) is 4. The van der Waals surface area contributed by atoms with Crippen molar-refractivity contribution in [3.8, 4) is 17.6 Å². The molecule has 1 aromatic carbocycles. The van der Waals surface area contributed by atoms with E-state index in [1.165, 1.54) is 0 Å². The molecule has 2 rings (SSSR count). The molecule has 0 spiro atoms. The Bertz CT molecular complexity index is 491. The lowest BCUT2D eigenvalue weighted by atomic mass is 9.95. The second-order valence-corrected chi connectivity index (χ2v) is 5.60. The molecular weight excluding hydrogens is 252 g/mol. The minimum Gasteiger partial charge on any atom is -0.493 e. The summed E-state index contributed by atoms with van der Waals surface area (Å²) in [5.74, 6) is 1.75. The van der Waals surface area contributed by atoms with Crippen molar-refractivity contribution < 1.29 is 9.47 Å². The van der Waals surface area contributed by atoms with E-state index in [0.29, 0.717) is 24.0 Å². The monoisotopic (exact) mass is 274 g/mol. The molecule has 20 heavy (non-hydrogen) atoms. The molecule has 1 aliphatic rings. The van der Waals surface area contributed by atoms with E-state index in [0.717, 1.165) is 12.8 Å². The molecule has 1 saturated carbocycles. The third kappa shape index (κ3) is 3.23. The SMILES string of the molecule is COc1ccccc1OCC(C#N)(NC(C)C)C1CC1. The molecule has 0 heterocycles. The summed E-state index contributed by atoms with van der Waals surface area (Å²) >= 11 is 0. The van der Waals surface area contributed by atoms with Crippen LogP contribution in [0.1, 0.15) is 26.7 Å². The quantitative estimate of drug-likeness (QED) is 0.830. The third-order valence-electron chi connectivity index (χ3n) is 3.54. The molecule has 1 atom stereocenters. The average Bonchev–Trinajstić information content (AvgIpc) is 3.28. The van der Waals surface area contributed by atoms with E-state index in [9.17, 15) is 5.26 Å². The summed E-state index contributed by atoms with van der Waals surface area (Å²) in [6.45, 7) is 4.45. The number of ether oxygens (including phenoxy) is 2. The molecule has 0 bridgehead atoms. The molecule has 1 aliphatic carbocycles. The van der Waals surface area contributed by atoms with Crippen LogP contribution in [0.3, 0.4) is 0 Å². The maximum absolute atomic E-state index is 9.62. The standard InChI is InChI=1S/C16H22N2O2/c1-12(2)18-16(10-17,13-8-9-13)11-20-15-7-5-4-6-14(15)19-3/h4-7,12-13,18H,8-9,11H2,1-3H3. The largest absolute Gasteiger partial charge is 0.493 e. The van der Waals surface area contributed by atoms with Gasteiger partial charge in [-0.25, -0.2) is 0 Å². The number of methoxy groups -OCH3 is 1. The summed E-state index contributed by atoms with van der Waals surface area (Å²) in [5, 5.41) is 13.0. The van der Waals surface area contributed by atoms with Crippen LogP contribution in [0, 0.1) is 17.2 Å². The summed E-state index contributed by atoms with van der Waals surface area (Å²) in [5.41, 5.74) is -0.602. The number of nitrogens with one attached hydrogen (secondary N) is 1. The van der Waals surface area contributed by atoms with Gasteiger partial charge in [0.15, 0.2) is 11.5 Å². The van der Waals surface area contributed by atoms with E-state index in [1.807, 2.05) is 24.3 Å². The van der Waals surface area contributed by atoms with E-state index in [2.05, 4.69) is 25.2 Å². The van der Waals surface area contributed by atoms with Crippen LogP contribution in [-0.4, -0.2) is 25.3 Å². The van der Waals surface area contributed by atoms with Crippen molar-refractivity contribution in [1.82, 2.24) is 5.32 Å². The molecule has 0 radical (unpaired) electrons.